The Hall–Kier alpha value is -3.38. The summed E-state index contributed by atoms with van der Waals surface area (Å²) in [6.07, 6.45) is 0. The molecule has 0 spiro atoms. The molecule has 0 aliphatic carbocycles. The Morgan fingerprint density at radius 2 is 1.79 bits per heavy atom. The second kappa shape index (κ2) is 8.32. The van der Waals surface area contributed by atoms with E-state index in [0.717, 1.165) is 16.9 Å². The number of nitrogens with zero attached hydrogens (tertiary/aromatic N) is 3. The van der Waals surface area contributed by atoms with Gasteiger partial charge in [0.1, 0.15) is 23.9 Å². The Labute approximate surface area is 173 Å². The summed E-state index contributed by atoms with van der Waals surface area (Å²) < 4.78 is 7.43. The van der Waals surface area contributed by atoms with Gasteiger partial charge in [0.25, 0.3) is 0 Å². The summed E-state index contributed by atoms with van der Waals surface area (Å²) in [5, 5.41) is 7.88. The lowest BCUT2D eigenvalue weighted by atomic mass is 10.2. The van der Waals surface area contributed by atoms with Crippen LogP contribution in [0.4, 0.5) is 0 Å². The van der Waals surface area contributed by atoms with Crippen LogP contribution >= 0.6 is 11.6 Å². The number of halogens is 1. The van der Waals surface area contributed by atoms with Crippen molar-refractivity contribution in [2.45, 2.75) is 20.0 Å². The smallest absolute Gasteiger partial charge is 0.242 e. The van der Waals surface area contributed by atoms with Crippen LogP contribution in [0.15, 0.2) is 71.1 Å². The molecule has 1 amide bonds. The first-order valence-electron chi connectivity index (χ1n) is 9.17. The molecule has 6 nitrogen and oxygen atoms in total. The number of hydrogen-bond donors (Lipinski definition) is 1. The van der Waals surface area contributed by atoms with Crippen LogP contribution < -0.4 is 5.32 Å². The molecule has 0 radical (unpaired) electrons. The van der Waals surface area contributed by atoms with Crippen molar-refractivity contribution in [3.63, 3.8) is 0 Å². The molecule has 0 aliphatic heterocycles. The summed E-state index contributed by atoms with van der Waals surface area (Å²) in [5.41, 5.74) is 1.84. The summed E-state index contributed by atoms with van der Waals surface area (Å²) in [7, 11) is 0. The molecule has 7 heteroatoms. The molecule has 1 N–H and O–H groups in total. The Balaban J connectivity index is 1.40. The third-order valence-electron chi connectivity index (χ3n) is 4.35. The van der Waals surface area contributed by atoms with Crippen LogP contribution in [0.5, 0.6) is 0 Å². The van der Waals surface area contributed by atoms with E-state index in [0.29, 0.717) is 29.0 Å². The van der Waals surface area contributed by atoms with Crippen LogP contribution in [0, 0.1) is 6.92 Å². The molecule has 0 saturated carbocycles. The topological polar surface area (TPSA) is 73.0 Å². The van der Waals surface area contributed by atoms with E-state index in [9.17, 15) is 4.79 Å². The van der Waals surface area contributed by atoms with Gasteiger partial charge in [0.05, 0.1) is 6.54 Å². The van der Waals surface area contributed by atoms with E-state index in [1.54, 1.807) is 4.68 Å². The first-order chi connectivity index (χ1) is 14.1. The van der Waals surface area contributed by atoms with Gasteiger partial charge >= 0.3 is 0 Å². The molecule has 4 aromatic rings. The predicted octanol–water partition coefficient (Wildman–Crippen LogP) is 4.48. The van der Waals surface area contributed by atoms with Crippen molar-refractivity contribution in [1.82, 2.24) is 20.1 Å². The van der Waals surface area contributed by atoms with Crippen LogP contribution in [-0.2, 0) is 17.9 Å². The quantitative estimate of drug-likeness (QED) is 0.512. The van der Waals surface area contributed by atoms with Crippen molar-refractivity contribution in [3.8, 4) is 22.7 Å². The van der Waals surface area contributed by atoms with Gasteiger partial charge in [-0.15, -0.1) is 0 Å². The second-order valence-corrected chi connectivity index (χ2v) is 6.99. The number of nitrogens with one attached hydrogen (secondary N) is 1. The van der Waals surface area contributed by atoms with Crippen LogP contribution in [0.25, 0.3) is 22.7 Å². The van der Waals surface area contributed by atoms with Gasteiger partial charge in [-0.3, -0.25) is 4.79 Å². The number of benzene rings is 2. The molecule has 0 fully saturated rings. The normalized spacial score (nSPS) is 10.8. The van der Waals surface area contributed by atoms with E-state index in [1.807, 2.05) is 73.7 Å². The molecule has 0 bridgehead atoms. The molecule has 0 saturated heterocycles. The highest BCUT2D eigenvalue weighted by atomic mass is 35.5. The lowest BCUT2D eigenvalue weighted by molar-refractivity contribution is -0.122. The average Bonchev–Trinajstić information content (AvgIpc) is 3.34. The van der Waals surface area contributed by atoms with Gasteiger partial charge in [0.15, 0.2) is 5.82 Å². The van der Waals surface area contributed by atoms with Crippen molar-refractivity contribution in [3.05, 3.63) is 83.3 Å². The summed E-state index contributed by atoms with van der Waals surface area (Å²) in [6.45, 7) is 2.18. The van der Waals surface area contributed by atoms with Crippen molar-refractivity contribution in [2.75, 3.05) is 0 Å². The third kappa shape index (κ3) is 4.55. The highest BCUT2D eigenvalue weighted by Crippen LogP contribution is 2.23. The number of aromatic nitrogens is 3. The molecular formula is C22H19ClN4O2. The van der Waals surface area contributed by atoms with Crippen LogP contribution in [0.1, 0.15) is 11.6 Å². The van der Waals surface area contributed by atoms with E-state index in [2.05, 4.69) is 15.4 Å². The minimum atomic E-state index is -0.170. The highest BCUT2D eigenvalue weighted by Gasteiger charge is 2.13. The van der Waals surface area contributed by atoms with Gasteiger partial charge in [-0.25, -0.2) is 9.67 Å². The maximum atomic E-state index is 12.4. The van der Waals surface area contributed by atoms with Gasteiger partial charge < -0.3 is 9.73 Å². The number of carbonyl (C=O) groups is 1. The summed E-state index contributed by atoms with van der Waals surface area (Å²) in [6, 6.07) is 20.8. The molecule has 29 heavy (non-hydrogen) atoms. The van der Waals surface area contributed by atoms with E-state index in [4.69, 9.17) is 16.0 Å². The van der Waals surface area contributed by atoms with Crippen LogP contribution in [-0.4, -0.2) is 20.7 Å². The van der Waals surface area contributed by atoms with Gasteiger partial charge in [-0.05, 0) is 43.3 Å². The molecule has 2 heterocycles. The highest BCUT2D eigenvalue weighted by molar-refractivity contribution is 6.30. The minimum absolute atomic E-state index is 0.0792. The van der Waals surface area contributed by atoms with E-state index >= 15 is 0 Å². The van der Waals surface area contributed by atoms with Gasteiger partial charge in [-0.1, -0.05) is 41.9 Å². The van der Waals surface area contributed by atoms with E-state index < -0.39 is 0 Å². The number of furan rings is 1. The lowest BCUT2D eigenvalue weighted by Crippen LogP contribution is -2.27. The van der Waals surface area contributed by atoms with Gasteiger partial charge in [-0.2, -0.15) is 5.10 Å². The number of aryl methyl sites for hydroxylation is 1. The van der Waals surface area contributed by atoms with Gasteiger partial charge in [0, 0.05) is 16.1 Å². The summed E-state index contributed by atoms with van der Waals surface area (Å²) in [5.74, 6) is 2.51. The molecule has 146 valence electrons. The Morgan fingerprint density at radius 1 is 1.03 bits per heavy atom. The Bertz CT molecular complexity index is 1120. The van der Waals surface area contributed by atoms with Crippen LogP contribution in [0.3, 0.4) is 0 Å². The second-order valence-electron chi connectivity index (χ2n) is 6.56. The maximum absolute atomic E-state index is 12.4. The monoisotopic (exact) mass is 406 g/mol. The fraction of sp³-hybridized carbons (Fsp3) is 0.136. The summed E-state index contributed by atoms with van der Waals surface area (Å²) in [4.78, 5) is 16.9. The van der Waals surface area contributed by atoms with Crippen LogP contribution in [0.2, 0.25) is 5.02 Å². The zero-order chi connectivity index (χ0) is 20.2. The predicted molar refractivity (Wildman–Crippen MR) is 111 cm³/mol. The maximum Gasteiger partial charge on any atom is 0.242 e. The van der Waals surface area contributed by atoms with Crippen molar-refractivity contribution < 1.29 is 9.21 Å². The average molecular weight is 407 g/mol. The molecule has 0 atom stereocenters. The molecule has 0 aliphatic rings. The number of carbonyl (C=O) groups excluding carboxylic acids is 1. The molecule has 0 unspecified atom stereocenters. The number of amides is 1. The zero-order valence-electron chi connectivity index (χ0n) is 15.8. The molecule has 2 aromatic heterocycles. The number of hydrogen-bond acceptors (Lipinski definition) is 4. The van der Waals surface area contributed by atoms with Crippen molar-refractivity contribution in [2.24, 2.45) is 0 Å². The zero-order valence-corrected chi connectivity index (χ0v) is 16.6. The minimum Gasteiger partial charge on any atom is -0.459 e. The Morgan fingerprint density at radius 3 is 2.55 bits per heavy atom. The molecule has 2 aromatic carbocycles. The van der Waals surface area contributed by atoms with E-state index in [-0.39, 0.29) is 12.5 Å². The SMILES string of the molecule is Cc1nc(-c2ccccc2)n(CC(=O)NCc2ccc(-c3ccc(Cl)cc3)o2)n1. The molecular weight excluding hydrogens is 388 g/mol. The number of rotatable bonds is 6. The van der Waals surface area contributed by atoms with Crippen molar-refractivity contribution >= 4 is 17.5 Å². The Kier molecular flexibility index (Phi) is 5.44. The van der Waals surface area contributed by atoms with Gasteiger partial charge in [0.2, 0.25) is 5.91 Å². The molecule has 4 rings (SSSR count). The fourth-order valence-electron chi connectivity index (χ4n) is 2.99. The lowest BCUT2D eigenvalue weighted by Gasteiger charge is -2.07. The third-order valence-corrected chi connectivity index (χ3v) is 4.61. The summed E-state index contributed by atoms with van der Waals surface area (Å²) >= 11 is 5.92. The first kappa shape index (κ1) is 19.0. The fourth-order valence-corrected chi connectivity index (χ4v) is 3.11. The van der Waals surface area contributed by atoms with E-state index in [1.165, 1.54) is 0 Å². The standard InChI is InChI=1S/C22H19ClN4O2/c1-15-25-22(17-5-3-2-4-6-17)27(26-15)14-21(28)24-13-19-11-12-20(29-19)16-7-9-18(23)10-8-16/h2-12H,13-14H2,1H3,(H,24,28). The van der Waals surface area contributed by atoms with Crippen molar-refractivity contribution in [1.29, 1.82) is 0 Å². The first-order valence-corrected chi connectivity index (χ1v) is 9.54. The largest absolute Gasteiger partial charge is 0.459 e.